The fourth-order valence-corrected chi connectivity index (χ4v) is 2.21. The first kappa shape index (κ1) is 11.8. The second-order valence-electron chi connectivity index (χ2n) is 4.57. The van der Waals surface area contributed by atoms with Crippen molar-refractivity contribution in [2.24, 2.45) is 0 Å². The summed E-state index contributed by atoms with van der Waals surface area (Å²) in [7, 11) is 0. The van der Waals surface area contributed by atoms with E-state index in [-0.39, 0.29) is 6.61 Å². The van der Waals surface area contributed by atoms with E-state index in [2.05, 4.69) is 4.98 Å². The summed E-state index contributed by atoms with van der Waals surface area (Å²) in [6.45, 7) is 2.05. The lowest BCUT2D eigenvalue weighted by Crippen LogP contribution is -1.85. The highest BCUT2D eigenvalue weighted by Gasteiger charge is 2.06. The zero-order valence-electron chi connectivity index (χ0n) is 10.7. The van der Waals surface area contributed by atoms with Gasteiger partial charge in [-0.1, -0.05) is 18.2 Å². The highest BCUT2D eigenvalue weighted by atomic mass is 16.5. The number of aromatic nitrogens is 1. The molecule has 0 unspecified atom stereocenters. The molecule has 2 aromatic carbocycles. The summed E-state index contributed by atoms with van der Waals surface area (Å²) in [4.78, 5) is 3.18. The second kappa shape index (κ2) is 4.78. The minimum Gasteiger partial charge on any atom is -0.457 e. The Bertz CT molecular complexity index is 701. The van der Waals surface area contributed by atoms with Crippen LogP contribution in [-0.2, 0) is 6.61 Å². The van der Waals surface area contributed by atoms with Gasteiger partial charge >= 0.3 is 0 Å². The summed E-state index contributed by atoms with van der Waals surface area (Å²) >= 11 is 0. The fourth-order valence-electron chi connectivity index (χ4n) is 2.21. The van der Waals surface area contributed by atoms with E-state index < -0.39 is 0 Å². The number of hydrogen-bond acceptors (Lipinski definition) is 2. The Labute approximate surface area is 111 Å². The standard InChI is InChI=1S/C16H15NO2/c1-11-7-14(19-13-5-3-2-4-6-13)9-16-15(11)8-12(10-18)17-16/h2-9,17-18H,10H2,1H3. The van der Waals surface area contributed by atoms with E-state index in [9.17, 15) is 5.11 Å². The van der Waals surface area contributed by atoms with Gasteiger partial charge in [-0.3, -0.25) is 0 Å². The van der Waals surface area contributed by atoms with Gasteiger partial charge in [-0.15, -0.1) is 0 Å². The minimum atomic E-state index is 0.0169. The van der Waals surface area contributed by atoms with E-state index in [0.717, 1.165) is 33.7 Å². The van der Waals surface area contributed by atoms with Gasteiger partial charge in [0.2, 0.25) is 0 Å². The zero-order chi connectivity index (χ0) is 13.2. The number of H-pyrrole nitrogens is 1. The Kier molecular flexibility index (Phi) is 2.97. The minimum absolute atomic E-state index is 0.0169. The normalized spacial score (nSPS) is 10.8. The predicted octanol–water partition coefficient (Wildman–Crippen LogP) is 3.76. The van der Waals surface area contributed by atoms with Crippen LogP contribution in [0.5, 0.6) is 11.5 Å². The quantitative estimate of drug-likeness (QED) is 0.746. The molecular formula is C16H15NO2. The largest absolute Gasteiger partial charge is 0.457 e. The molecular weight excluding hydrogens is 238 g/mol. The molecule has 0 amide bonds. The summed E-state index contributed by atoms with van der Waals surface area (Å²) < 4.78 is 5.83. The van der Waals surface area contributed by atoms with Crippen LogP contribution in [0.3, 0.4) is 0 Å². The van der Waals surface area contributed by atoms with Crippen molar-refractivity contribution < 1.29 is 9.84 Å². The number of ether oxygens (including phenoxy) is 1. The smallest absolute Gasteiger partial charge is 0.129 e. The highest BCUT2D eigenvalue weighted by Crippen LogP contribution is 2.28. The van der Waals surface area contributed by atoms with Gasteiger partial charge < -0.3 is 14.8 Å². The second-order valence-corrected chi connectivity index (χ2v) is 4.57. The molecule has 96 valence electrons. The van der Waals surface area contributed by atoms with Gasteiger partial charge in [-0.05, 0) is 36.8 Å². The number of hydrogen-bond donors (Lipinski definition) is 2. The van der Waals surface area contributed by atoms with E-state index in [1.165, 1.54) is 0 Å². The van der Waals surface area contributed by atoms with Crippen molar-refractivity contribution >= 4 is 10.9 Å². The van der Waals surface area contributed by atoms with Crippen molar-refractivity contribution in [3.8, 4) is 11.5 Å². The van der Waals surface area contributed by atoms with Crippen LogP contribution in [0.25, 0.3) is 10.9 Å². The van der Waals surface area contributed by atoms with E-state index in [0.29, 0.717) is 0 Å². The number of para-hydroxylation sites is 1. The third-order valence-corrected chi connectivity index (χ3v) is 3.12. The summed E-state index contributed by atoms with van der Waals surface area (Å²) in [5, 5.41) is 10.3. The predicted molar refractivity (Wildman–Crippen MR) is 75.5 cm³/mol. The van der Waals surface area contributed by atoms with Crippen molar-refractivity contribution in [3.63, 3.8) is 0 Å². The van der Waals surface area contributed by atoms with Crippen molar-refractivity contribution in [3.05, 3.63) is 59.8 Å². The maximum absolute atomic E-state index is 9.17. The molecule has 0 saturated carbocycles. The zero-order valence-corrected chi connectivity index (χ0v) is 10.7. The summed E-state index contributed by atoms with van der Waals surface area (Å²) in [5.41, 5.74) is 2.92. The van der Waals surface area contributed by atoms with Crippen molar-refractivity contribution in [2.45, 2.75) is 13.5 Å². The van der Waals surface area contributed by atoms with E-state index >= 15 is 0 Å². The topological polar surface area (TPSA) is 45.2 Å². The van der Waals surface area contributed by atoms with Gasteiger partial charge in [-0.25, -0.2) is 0 Å². The van der Waals surface area contributed by atoms with Crippen LogP contribution in [0, 0.1) is 6.92 Å². The Morgan fingerprint density at radius 2 is 1.84 bits per heavy atom. The SMILES string of the molecule is Cc1cc(Oc2ccccc2)cc2[nH]c(CO)cc12. The summed E-state index contributed by atoms with van der Waals surface area (Å²) in [5.74, 6) is 1.61. The molecule has 0 fully saturated rings. The number of aromatic amines is 1. The Morgan fingerprint density at radius 3 is 2.58 bits per heavy atom. The molecule has 0 radical (unpaired) electrons. The van der Waals surface area contributed by atoms with Crippen LogP contribution >= 0.6 is 0 Å². The molecule has 3 rings (SSSR count). The number of aliphatic hydroxyl groups is 1. The van der Waals surface area contributed by atoms with Crippen molar-refractivity contribution in [1.29, 1.82) is 0 Å². The number of rotatable bonds is 3. The Balaban J connectivity index is 2.01. The lowest BCUT2D eigenvalue weighted by Gasteiger charge is -2.07. The number of fused-ring (bicyclic) bond motifs is 1. The molecule has 2 N–H and O–H groups in total. The van der Waals surface area contributed by atoms with E-state index in [4.69, 9.17) is 4.74 Å². The first-order valence-corrected chi connectivity index (χ1v) is 6.22. The molecule has 1 aromatic heterocycles. The number of benzene rings is 2. The van der Waals surface area contributed by atoms with Gasteiger partial charge in [-0.2, -0.15) is 0 Å². The third-order valence-electron chi connectivity index (χ3n) is 3.12. The third kappa shape index (κ3) is 2.33. The van der Waals surface area contributed by atoms with Gasteiger partial charge in [0, 0.05) is 22.7 Å². The average molecular weight is 253 g/mol. The first-order chi connectivity index (χ1) is 9.26. The van der Waals surface area contributed by atoms with Crippen LogP contribution in [0.15, 0.2) is 48.5 Å². The van der Waals surface area contributed by atoms with Crippen LogP contribution in [-0.4, -0.2) is 10.1 Å². The molecule has 0 bridgehead atoms. The molecule has 3 aromatic rings. The average Bonchev–Trinajstić information content (AvgIpc) is 2.83. The van der Waals surface area contributed by atoms with Gasteiger partial charge in [0.1, 0.15) is 11.5 Å². The Morgan fingerprint density at radius 1 is 1.05 bits per heavy atom. The van der Waals surface area contributed by atoms with Crippen molar-refractivity contribution in [1.82, 2.24) is 4.98 Å². The van der Waals surface area contributed by atoms with Gasteiger partial charge in [0.25, 0.3) is 0 Å². The molecule has 0 aliphatic rings. The maximum atomic E-state index is 9.17. The van der Waals surface area contributed by atoms with Crippen LogP contribution in [0.2, 0.25) is 0 Å². The highest BCUT2D eigenvalue weighted by molar-refractivity contribution is 5.85. The molecule has 0 aliphatic heterocycles. The van der Waals surface area contributed by atoms with E-state index in [1.807, 2.05) is 55.5 Å². The lowest BCUT2D eigenvalue weighted by molar-refractivity contribution is 0.278. The molecule has 19 heavy (non-hydrogen) atoms. The maximum Gasteiger partial charge on any atom is 0.129 e. The van der Waals surface area contributed by atoms with Crippen LogP contribution < -0.4 is 4.74 Å². The molecule has 3 heteroatoms. The number of nitrogens with one attached hydrogen (secondary N) is 1. The van der Waals surface area contributed by atoms with E-state index in [1.54, 1.807) is 0 Å². The Hall–Kier alpha value is -2.26. The fraction of sp³-hybridized carbons (Fsp3) is 0.125. The molecule has 3 nitrogen and oxygen atoms in total. The lowest BCUT2D eigenvalue weighted by atomic mass is 10.1. The molecule has 0 spiro atoms. The summed E-state index contributed by atoms with van der Waals surface area (Å²) in [6.07, 6.45) is 0. The molecule has 0 saturated heterocycles. The molecule has 0 aliphatic carbocycles. The van der Waals surface area contributed by atoms with Crippen LogP contribution in [0.1, 0.15) is 11.3 Å². The van der Waals surface area contributed by atoms with Crippen molar-refractivity contribution in [2.75, 3.05) is 0 Å². The molecule has 1 heterocycles. The van der Waals surface area contributed by atoms with Gasteiger partial charge in [0.05, 0.1) is 6.61 Å². The number of aliphatic hydroxyl groups excluding tert-OH is 1. The first-order valence-electron chi connectivity index (χ1n) is 6.22. The molecule has 0 atom stereocenters. The monoisotopic (exact) mass is 253 g/mol. The van der Waals surface area contributed by atoms with Gasteiger partial charge in [0.15, 0.2) is 0 Å². The van der Waals surface area contributed by atoms with Crippen LogP contribution in [0.4, 0.5) is 0 Å². The number of aryl methyl sites for hydroxylation is 1. The summed E-state index contributed by atoms with van der Waals surface area (Å²) in [6, 6.07) is 15.6.